The fourth-order valence-electron chi connectivity index (χ4n) is 4.48. The number of hydrogen-bond donors (Lipinski definition) is 1. The number of hydrogen-bond acceptors (Lipinski definition) is 3. The van der Waals surface area contributed by atoms with Gasteiger partial charge in [0.2, 0.25) is 0 Å². The van der Waals surface area contributed by atoms with Crippen molar-refractivity contribution >= 4 is 0 Å². The van der Waals surface area contributed by atoms with E-state index in [-0.39, 0.29) is 0 Å². The van der Waals surface area contributed by atoms with E-state index in [1.807, 2.05) is 0 Å². The van der Waals surface area contributed by atoms with E-state index in [0.29, 0.717) is 17.7 Å². The molecule has 1 N–H and O–H groups in total. The first-order valence-electron chi connectivity index (χ1n) is 8.83. The number of nitrogens with one attached hydrogen (secondary N) is 1. The van der Waals surface area contributed by atoms with Crippen LogP contribution in [0.15, 0.2) is 0 Å². The van der Waals surface area contributed by atoms with Crippen LogP contribution in [0.25, 0.3) is 0 Å². The van der Waals surface area contributed by atoms with Gasteiger partial charge in [0.25, 0.3) is 0 Å². The van der Waals surface area contributed by atoms with Gasteiger partial charge in [-0.3, -0.25) is 4.90 Å². The Kier molecular flexibility index (Phi) is 4.68. The van der Waals surface area contributed by atoms with Gasteiger partial charge in [-0.1, -0.05) is 33.1 Å². The summed E-state index contributed by atoms with van der Waals surface area (Å²) in [6.07, 6.45) is 9.88. The third-order valence-corrected chi connectivity index (χ3v) is 5.98. The molecule has 1 aliphatic carbocycles. The molecular weight excluding hydrogens is 248 g/mol. The van der Waals surface area contributed by atoms with Crippen LogP contribution < -0.4 is 5.32 Å². The van der Waals surface area contributed by atoms with Gasteiger partial charge in [0, 0.05) is 37.8 Å². The Morgan fingerprint density at radius 1 is 1.30 bits per heavy atom. The Labute approximate surface area is 124 Å². The van der Waals surface area contributed by atoms with Gasteiger partial charge in [-0.15, -0.1) is 0 Å². The van der Waals surface area contributed by atoms with Crippen molar-refractivity contribution in [1.29, 1.82) is 0 Å². The van der Waals surface area contributed by atoms with Gasteiger partial charge in [0.1, 0.15) is 0 Å². The molecule has 0 aromatic heterocycles. The maximum absolute atomic E-state index is 5.91. The maximum Gasteiger partial charge on any atom is 0.0702 e. The number of piperazine rings is 1. The topological polar surface area (TPSA) is 24.5 Å². The summed E-state index contributed by atoms with van der Waals surface area (Å²) >= 11 is 0. The molecular formula is C17H32N2O. The van der Waals surface area contributed by atoms with Gasteiger partial charge >= 0.3 is 0 Å². The van der Waals surface area contributed by atoms with Crippen molar-refractivity contribution in [3.8, 4) is 0 Å². The molecule has 20 heavy (non-hydrogen) atoms. The van der Waals surface area contributed by atoms with Crippen LogP contribution in [0, 0.1) is 5.92 Å². The van der Waals surface area contributed by atoms with Crippen LogP contribution in [0.5, 0.6) is 0 Å². The van der Waals surface area contributed by atoms with Crippen LogP contribution in [0.4, 0.5) is 0 Å². The first kappa shape index (κ1) is 14.8. The lowest BCUT2D eigenvalue weighted by molar-refractivity contribution is 0.00441. The highest BCUT2D eigenvalue weighted by Gasteiger charge is 2.42. The molecule has 3 atom stereocenters. The van der Waals surface area contributed by atoms with Crippen LogP contribution in [-0.4, -0.2) is 48.8 Å². The Morgan fingerprint density at radius 2 is 2.10 bits per heavy atom. The molecule has 1 saturated carbocycles. The molecule has 3 nitrogen and oxygen atoms in total. The van der Waals surface area contributed by atoms with Crippen LogP contribution in [0.3, 0.4) is 0 Å². The average Bonchev–Trinajstić information content (AvgIpc) is 3.11. The van der Waals surface area contributed by atoms with Crippen molar-refractivity contribution in [2.75, 3.05) is 26.2 Å². The molecule has 0 aromatic rings. The molecule has 1 spiro atoms. The van der Waals surface area contributed by atoms with Crippen LogP contribution in [-0.2, 0) is 4.74 Å². The highest BCUT2D eigenvalue weighted by Crippen LogP contribution is 2.35. The highest BCUT2D eigenvalue weighted by molar-refractivity contribution is 5.02. The molecule has 0 aromatic carbocycles. The zero-order valence-electron chi connectivity index (χ0n) is 13.4. The van der Waals surface area contributed by atoms with Crippen molar-refractivity contribution < 1.29 is 4.74 Å². The number of ether oxygens (including phenoxy) is 1. The zero-order valence-corrected chi connectivity index (χ0v) is 13.4. The second-order valence-corrected chi connectivity index (χ2v) is 7.39. The standard InChI is InChI=1S/C17H32N2O/c1-3-14(2)16-11-18-17(8-4-5-9-17)13-19(16)12-15-7-6-10-20-15/h14-16,18H,3-13H2,1-2H3. The molecule has 0 bridgehead atoms. The van der Waals surface area contributed by atoms with Gasteiger partial charge in [-0.05, 0) is 31.6 Å². The summed E-state index contributed by atoms with van der Waals surface area (Å²) < 4.78 is 5.91. The fourth-order valence-corrected chi connectivity index (χ4v) is 4.48. The smallest absolute Gasteiger partial charge is 0.0702 e. The number of rotatable bonds is 4. The van der Waals surface area contributed by atoms with Crippen molar-refractivity contribution in [2.45, 2.75) is 76.5 Å². The predicted octanol–water partition coefficient (Wildman–Crippen LogP) is 2.80. The highest BCUT2D eigenvalue weighted by atomic mass is 16.5. The van der Waals surface area contributed by atoms with E-state index >= 15 is 0 Å². The van der Waals surface area contributed by atoms with E-state index in [1.165, 1.54) is 64.6 Å². The van der Waals surface area contributed by atoms with Crippen molar-refractivity contribution in [3.05, 3.63) is 0 Å². The molecule has 0 amide bonds. The van der Waals surface area contributed by atoms with Crippen LogP contribution >= 0.6 is 0 Å². The van der Waals surface area contributed by atoms with Gasteiger partial charge in [0.15, 0.2) is 0 Å². The van der Waals surface area contributed by atoms with Crippen LogP contribution in [0.2, 0.25) is 0 Å². The zero-order chi connectivity index (χ0) is 14.0. The normalized spacial score (nSPS) is 35.7. The summed E-state index contributed by atoms with van der Waals surface area (Å²) in [5.74, 6) is 0.780. The fraction of sp³-hybridized carbons (Fsp3) is 1.00. The maximum atomic E-state index is 5.91. The van der Waals surface area contributed by atoms with E-state index in [4.69, 9.17) is 4.74 Å². The Hall–Kier alpha value is -0.120. The van der Waals surface area contributed by atoms with Crippen molar-refractivity contribution in [3.63, 3.8) is 0 Å². The molecule has 3 unspecified atom stereocenters. The first-order chi connectivity index (χ1) is 9.72. The minimum absolute atomic E-state index is 0.433. The van der Waals surface area contributed by atoms with E-state index in [0.717, 1.165) is 12.5 Å². The molecule has 0 radical (unpaired) electrons. The summed E-state index contributed by atoms with van der Waals surface area (Å²) in [6.45, 7) is 9.33. The first-order valence-corrected chi connectivity index (χ1v) is 8.83. The lowest BCUT2D eigenvalue weighted by atomic mass is 9.87. The Morgan fingerprint density at radius 3 is 2.75 bits per heavy atom. The molecule has 2 saturated heterocycles. The summed E-state index contributed by atoms with van der Waals surface area (Å²) in [5.41, 5.74) is 0.433. The largest absolute Gasteiger partial charge is 0.377 e. The van der Waals surface area contributed by atoms with Gasteiger partial charge in [-0.2, -0.15) is 0 Å². The third kappa shape index (κ3) is 3.05. The quantitative estimate of drug-likeness (QED) is 0.857. The average molecular weight is 280 g/mol. The lowest BCUT2D eigenvalue weighted by Gasteiger charge is -2.49. The predicted molar refractivity (Wildman–Crippen MR) is 83.0 cm³/mol. The third-order valence-electron chi connectivity index (χ3n) is 5.98. The number of nitrogens with zero attached hydrogens (tertiary/aromatic N) is 1. The minimum Gasteiger partial charge on any atom is -0.377 e. The molecule has 3 aliphatic rings. The van der Waals surface area contributed by atoms with Crippen molar-refractivity contribution in [2.24, 2.45) is 5.92 Å². The summed E-state index contributed by atoms with van der Waals surface area (Å²) in [7, 11) is 0. The molecule has 3 heteroatoms. The minimum atomic E-state index is 0.433. The SMILES string of the molecule is CCC(C)C1CNC2(CCCC2)CN1CC1CCCO1. The monoisotopic (exact) mass is 280 g/mol. The van der Waals surface area contributed by atoms with Crippen molar-refractivity contribution in [1.82, 2.24) is 10.2 Å². The summed E-state index contributed by atoms with van der Waals surface area (Å²) in [6, 6.07) is 0.704. The molecule has 2 aliphatic heterocycles. The Balaban J connectivity index is 1.67. The molecule has 3 fully saturated rings. The van der Waals surface area contributed by atoms with Gasteiger partial charge in [-0.25, -0.2) is 0 Å². The second kappa shape index (κ2) is 6.33. The lowest BCUT2D eigenvalue weighted by Crippen LogP contribution is -2.65. The summed E-state index contributed by atoms with van der Waals surface area (Å²) in [4.78, 5) is 2.78. The molecule has 3 rings (SSSR count). The van der Waals surface area contributed by atoms with E-state index in [2.05, 4.69) is 24.1 Å². The second-order valence-electron chi connectivity index (χ2n) is 7.39. The Bertz CT molecular complexity index is 308. The van der Waals surface area contributed by atoms with E-state index < -0.39 is 0 Å². The molecule has 116 valence electrons. The molecule has 2 heterocycles. The van der Waals surface area contributed by atoms with Gasteiger partial charge in [0.05, 0.1) is 6.10 Å². The van der Waals surface area contributed by atoms with Crippen LogP contribution in [0.1, 0.15) is 58.8 Å². The van der Waals surface area contributed by atoms with Gasteiger partial charge < -0.3 is 10.1 Å². The summed E-state index contributed by atoms with van der Waals surface area (Å²) in [5, 5.41) is 3.93. The van der Waals surface area contributed by atoms with E-state index in [1.54, 1.807) is 0 Å². The van der Waals surface area contributed by atoms with E-state index in [9.17, 15) is 0 Å².